The van der Waals surface area contributed by atoms with Gasteiger partial charge in [-0.15, -0.1) is 0 Å². The third kappa shape index (κ3) is 2.93. The van der Waals surface area contributed by atoms with Crippen LogP contribution in [0.2, 0.25) is 0 Å². The van der Waals surface area contributed by atoms with E-state index in [0.29, 0.717) is 22.3 Å². The van der Waals surface area contributed by atoms with E-state index in [9.17, 15) is 8.78 Å². The van der Waals surface area contributed by atoms with Gasteiger partial charge in [0.2, 0.25) is 0 Å². The molecule has 0 aliphatic carbocycles. The molecule has 0 atom stereocenters. The van der Waals surface area contributed by atoms with E-state index in [1.54, 1.807) is 19.1 Å². The van der Waals surface area contributed by atoms with Crippen molar-refractivity contribution in [1.82, 2.24) is 10.3 Å². The van der Waals surface area contributed by atoms with E-state index < -0.39 is 11.6 Å². The number of halogens is 2. The van der Waals surface area contributed by atoms with Crippen LogP contribution in [0, 0.1) is 11.6 Å². The molecule has 0 amide bonds. The Morgan fingerprint density at radius 1 is 1.09 bits per heavy atom. The van der Waals surface area contributed by atoms with Gasteiger partial charge in [-0.1, -0.05) is 11.2 Å². The summed E-state index contributed by atoms with van der Waals surface area (Å²) in [7, 11) is 0. The number of oxime groups is 1. The summed E-state index contributed by atoms with van der Waals surface area (Å²) in [5, 5.41) is 11.3. The lowest BCUT2D eigenvalue weighted by molar-refractivity contribution is 0.130. The van der Waals surface area contributed by atoms with Crippen molar-refractivity contribution >= 4 is 16.7 Å². The molecule has 1 heterocycles. The lowest BCUT2D eigenvalue weighted by atomic mass is 10.1. The van der Waals surface area contributed by atoms with E-state index in [4.69, 9.17) is 4.84 Å². The zero-order chi connectivity index (χ0) is 15.5. The molecule has 5 nitrogen and oxygen atoms in total. The van der Waals surface area contributed by atoms with Crippen LogP contribution in [0.5, 0.6) is 0 Å². The van der Waals surface area contributed by atoms with Crippen LogP contribution in [-0.2, 0) is 11.4 Å². The Morgan fingerprint density at radius 3 is 2.73 bits per heavy atom. The predicted molar refractivity (Wildman–Crippen MR) is 75.2 cm³/mol. The van der Waals surface area contributed by atoms with Crippen molar-refractivity contribution in [3.8, 4) is 0 Å². The monoisotopic (exact) mass is 303 g/mol. The first-order valence-corrected chi connectivity index (χ1v) is 6.46. The minimum absolute atomic E-state index is 0.212. The molecule has 22 heavy (non-hydrogen) atoms. The van der Waals surface area contributed by atoms with Crippen LogP contribution in [-0.4, -0.2) is 16.0 Å². The van der Waals surface area contributed by atoms with Gasteiger partial charge in [0, 0.05) is 5.56 Å². The van der Waals surface area contributed by atoms with Crippen molar-refractivity contribution in [2.75, 3.05) is 0 Å². The fraction of sp³-hybridized carbons (Fsp3) is 0.133. The molecule has 112 valence electrons. The molecule has 0 saturated heterocycles. The summed E-state index contributed by atoms with van der Waals surface area (Å²) in [6.07, 6.45) is 0. The molecule has 0 N–H and O–H groups in total. The summed E-state index contributed by atoms with van der Waals surface area (Å²) >= 11 is 0. The van der Waals surface area contributed by atoms with E-state index in [0.717, 1.165) is 17.7 Å². The Labute approximate surface area is 124 Å². The Balaban J connectivity index is 1.68. The summed E-state index contributed by atoms with van der Waals surface area (Å²) < 4.78 is 30.6. The highest BCUT2D eigenvalue weighted by Crippen LogP contribution is 2.13. The largest absolute Gasteiger partial charge is 0.391 e. The van der Waals surface area contributed by atoms with E-state index in [-0.39, 0.29) is 6.61 Å². The Kier molecular flexibility index (Phi) is 3.78. The van der Waals surface area contributed by atoms with E-state index in [1.807, 2.05) is 6.07 Å². The van der Waals surface area contributed by atoms with Crippen LogP contribution in [0.15, 0.2) is 46.2 Å². The molecule has 0 bridgehead atoms. The fourth-order valence-electron chi connectivity index (χ4n) is 1.90. The molecule has 0 unspecified atom stereocenters. The van der Waals surface area contributed by atoms with Gasteiger partial charge in [-0.25, -0.2) is 13.4 Å². The molecule has 0 spiro atoms. The smallest absolute Gasteiger partial charge is 0.159 e. The van der Waals surface area contributed by atoms with Crippen molar-refractivity contribution < 1.29 is 18.2 Å². The molecule has 0 fully saturated rings. The Hall–Kier alpha value is -2.83. The van der Waals surface area contributed by atoms with Gasteiger partial charge in [0.05, 0.1) is 5.71 Å². The first kappa shape index (κ1) is 14.1. The number of hydrogen-bond donors (Lipinski definition) is 0. The van der Waals surface area contributed by atoms with Crippen LogP contribution >= 0.6 is 0 Å². The van der Waals surface area contributed by atoms with Gasteiger partial charge in [-0.2, -0.15) is 0 Å². The highest BCUT2D eigenvalue weighted by atomic mass is 19.2. The minimum Gasteiger partial charge on any atom is -0.391 e. The predicted octanol–water partition coefficient (Wildman–Crippen LogP) is 3.44. The third-order valence-corrected chi connectivity index (χ3v) is 3.09. The Morgan fingerprint density at radius 2 is 1.91 bits per heavy atom. The third-order valence-electron chi connectivity index (χ3n) is 3.09. The summed E-state index contributed by atoms with van der Waals surface area (Å²) in [6, 6.07) is 8.91. The maximum atomic E-state index is 13.2. The van der Waals surface area contributed by atoms with E-state index in [2.05, 4.69) is 20.1 Å². The van der Waals surface area contributed by atoms with Crippen molar-refractivity contribution in [3.63, 3.8) is 0 Å². The van der Waals surface area contributed by atoms with Crippen molar-refractivity contribution in [3.05, 3.63) is 59.2 Å². The van der Waals surface area contributed by atoms with Gasteiger partial charge < -0.3 is 4.84 Å². The van der Waals surface area contributed by atoms with E-state index in [1.165, 1.54) is 6.07 Å². The molecule has 2 aromatic carbocycles. The molecule has 0 saturated carbocycles. The number of hydrogen-bond acceptors (Lipinski definition) is 5. The highest BCUT2D eigenvalue weighted by Gasteiger charge is 2.06. The second-order valence-electron chi connectivity index (χ2n) is 4.67. The van der Waals surface area contributed by atoms with Crippen LogP contribution in [0.3, 0.4) is 0 Å². The molecule has 0 aliphatic rings. The quantitative estimate of drug-likeness (QED) is 0.547. The number of nitrogens with zero attached hydrogens (tertiary/aromatic N) is 3. The second kappa shape index (κ2) is 5.88. The van der Waals surface area contributed by atoms with Crippen molar-refractivity contribution in [2.24, 2.45) is 5.16 Å². The molecule has 1 aromatic heterocycles. The Bertz CT molecular complexity index is 846. The first-order chi connectivity index (χ1) is 10.6. The lowest BCUT2D eigenvalue weighted by Gasteiger charge is -2.03. The topological polar surface area (TPSA) is 60.5 Å². The second-order valence-corrected chi connectivity index (χ2v) is 4.67. The van der Waals surface area contributed by atoms with Gasteiger partial charge in [0.25, 0.3) is 0 Å². The summed E-state index contributed by atoms with van der Waals surface area (Å²) in [5.41, 5.74) is 3.02. The maximum absolute atomic E-state index is 13.2. The molecule has 0 aliphatic heterocycles. The normalized spacial score (nSPS) is 11.9. The standard InChI is InChI=1S/C15H11F2N3O2/c1-9(11-3-4-12(16)13(17)7-11)18-21-8-10-2-5-14-15(6-10)20-22-19-14/h2-7H,8H2,1H3. The molecule has 7 heteroatoms. The zero-order valence-corrected chi connectivity index (χ0v) is 11.6. The SMILES string of the molecule is CC(=NOCc1ccc2nonc2c1)c1ccc(F)c(F)c1. The molecule has 3 rings (SSSR count). The summed E-state index contributed by atoms with van der Waals surface area (Å²) in [4.78, 5) is 5.22. The average molecular weight is 303 g/mol. The minimum atomic E-state index is -0.920. The van der Waals surface area contributed by atoms with Crippen LogP contribution in [0.25, 0.3) is 11.0 Å². The van der Waals surface area contributed by atoms with Gasteiger partial charge in [-0.05, 0) is 53.1 Å². The van der Waals surface area contributed by atoms with Gasteiger partial charge in [0.1, 0.15) is 17.6 Å². The highest BCUT2D eigenvalue weighted by molar-refractivity contribution is 5.98. The van der Waals surface area contributed by atoms with Crippen LogP contribution in [0.4, 0.5) is 8.78 Å². The van der Waals surface area contributed by atoms with Gasteiger partial charge in [-0.3, -0.25) is 0 Å². The maximum Gasteiger partial charge on any atom is 0.159 e. The molecular weight excluding hydrogens is 292 g/mol. The number of fused-ring (bicyclic) bond motifs is 1. The lowest BCUT2D eigenvalue weighted by Crippen LogP contribution is -1.99. The number of benzene rings is 2. The van der Waals surface area contributed by atoms with E-state index >= 15 is 0 Å². The van der Waals surface area contributed by atoms with Gasteiger partial charge >= 0.3 is 0 Å². The van der Waals surface area contributed by atoms with Crippen molar-refractivity contribution in [1.29, 1.82) is 0 Å². The number of aromatic nitrogens is 2. The fourth-order valence-corrected chi connectivity index (χ4v) is 1.90. The molecule has 3 aromatic rings. The average Bonchev–Trinajstić information content (AvgIpc) is 2.97. The van der Waals surface area contributed by atoms with Crippen LogP contribution < -0.4 is 0 Å². The van der Waals surface area contributed by atoms with Crippen LogP contribution in [0.1, 0.15) is 18.1 Å². The number of rotatable bonds is 4. The van der Waals surface area contributed by atoms with Gasteiger partial charge in [0.15, 0.2) is 11.6 Å². The summed E-state index contributed by atoms with van der Waals surface area (Å²) in [5.74, 6) is -1.82. The zero-order valence-electron chi connectivity index (χ0n) is 11.6. The molecular formula is C15H11F2N3O2. The summed E-state index contributed by atoms with van der Waals surface area (Å²) in [6.45, 7) is 1.86. The molecule has 0 radical (unpaired) electrons. The first-order valence-electron chi connectivity index (χ1n) is 6.46. The van der Waals surface area contributed by atoms with Crippen molar-refractivity contribution in [2.45, 2.75) is 13.5 Å².